The number of para-hydroxylation sites is 1. The lowest BCUT2D eigenvalue weighted by molar-refractivity contribution is -0.124. The summed E-state index contributed by atoms with van der Waals surface area (Å²) >= 11 is 0. The summed E-state index contributed by atoms with van der Waals surface area (Å²) < 4.78 is 0. The van der Waals surface area contributed by atoms with E-state index in [-0.39, 0.29) is 17.2 Å². The molecule has 1 fully saturated rings. The van der Waals surface area contributed by atoms with E-state index in [4.69, 9.17) is 5.11 Å². The summed E-state index contributed by atoms with van der Waals surface area (Å²) in [7, 11) is 0. The van der Waals surface area contributed by atoms with Crippen LogP contribution in [0.4, 0.5) is 10.5 Å². The van der Waals surface area contributed by atoms with Crippen molar-refractivity contribution < 1.29 is 19.5 Å². The van der Waals surface area contributed by atoms with E-state index in [0.717, 1.165) is 6.42 Å². The maximum atomic E-state index is 12.0. The van der Waals surface area contributed by atoms with Crippen LogP contribution in [-0.2, 0) is 4.79 Å². The zero-order valence-corrected chi connectivity index (χ0v) is 11.6. The summed E-state index contributed by atoms with van der Waals surface area (Å²) in [5.74, 6) is -1.34. The van der Waals surface area contributed by atoms with Gasteiger partial charge in [0.2, 0.25) is 5.91 Å². The number of piperidine rings is 1. The van der Waals surface area contributed by atoms with Crippen molar-refractivity contribution in [3.05, 3.63) is 29.3 Å². The molecule has 0 radical (unpaired) electrons. The molecule has 0 aliphatic carbocycles. The van der Waals surface area contributed by atoms with E-state index >= 15 is 0 Å². The van der Waals surface area contributed by atoms with Gasteiger partial charge in [0.25, 0.3) is 0 Å². The highest BCUT2D eigenvalue weighted by molar-refractivity contribution is 6.02. The molecule has 1 aromatic rings. The molecule has 7 heteroatoms. The van der Waals surface area contributed by atoms with Crippen LogP contribution in [-0.4, -0.2) is 35.6 Å². The van der Waals surface area contributed by atoms with Crippen LogP contribution >= 0.6 is 0 Å². The smallest absolute Gasteiger partial charge is 0.337 e. The second-order valence-electron chi connectivity index (χ2n) is 4.89. The molecule has 0 saturated carbocycles. The molecule has 112 valence electrons. The number of urea groups is 1. The van der Waals surface area contributed by atoms with Crippen molar-refractivity contribution in [1.82, 2.24) is 10.6 Å². The van der Waals surface area contributed by atoms with Gasteiger partial charge in [-0.05, 0) is 31.4 Å². The zero-order valence-electron chi connectivity index (χ0n) is 11.6. The number of hydrogen-bond acceptors (Lipinski definition) is 3. The second-order valence-corrected chi connectivity index (χ2v) is 4.89. The Morgan fingerprint density at radius 3 is 2.81 bits per heavy atom. The Labute approximate surface area is 121 Å². The van der Waals surface area contributed by atoms with Crippen LogP contribution in [0.25, 0.3) is 0 Å². The van der Waals surface area contributed by atoms with Gasteiger partial charge < -0.3 is 21.1 Å². The molecule has 4 N–H and O–H groups in total. The number of carboxylic acids is 1. The molecular weight excluding hydrogens is 274 g/mol. The highest BCUT2D eigenvalue weighted by Gasteiger charge is 2.24. The second kappa shape index (κ2) is 6.25. The van der Waals surface area contributed by atoms with Crippen LogP contribution in [0.1, 0.15) is 28.8 Å². The average Bonchev–Trinajstić information content (AvgIpc) is 2.43. The molecule has 0 spiro atoms. The third-order valence-corrected chi connectivity index (χ3v) is 3.33. The Morgan fingerprint density at radius 1 is 1.38 bits per heavy atom. The number of carbonyl (C=O) groups excluding carboxylic acids is 2. The van der Waals surface area contributed by atoms with Gasteiger partial charge >= 0.3 is 12.0 Å². The minimum absolute atomic E-state index is 0.0123. The lowest BCUT2D eigenvalue weighted by Crippen LogP contribution is -2.51. The number of aromatic carboxylic acids is 1. The molecule has 2 rings (SSSR count). The SMILES string of the molecule is Cc1cccc(C(=O)O)c1NC(=O)NC1CCCNC1=O. The van der Waals surface area contributed by atoms with E-state index in [2.05, 4.69) is 16.0 Å². The Balaban J connectivity index is 2.09. The number of amides is 3. The first kappa shape index (κ1) is 14.8. The Bertz CT molecular complexity index is 586. The molecule has 1 aliphatic rings. The van der Waals surface area contributed by atoms with Gasteiger partial charge in [0.15, 0.2) is 0 Å². The first-order chi connectivity index (χ1) is 9.99. The van der Waals surface area contributed by atoms with Crippen LogP contribution < -0.4 is 16.0 Å². The fourth-order valence-corrected chi connectivity index (χ4v) is 2.23. The van der Waals surface area contributed by atoms with Crippen LogP contribution in [0.2, 0.25) is 0 Å². The van der Waals surface area contributed by atoms with Gasteiger partial charge in [-0.1, -0.05) is 12.1 Å². The summed E-state index contributed by atoms with van der Waals surface area (Å²) in [6.45, 7) is 2.31. The van der Waals surface area contributed by atoms with Gasteiger partial charge in [-0.15, -0.1) is 0 Å². The van der Waals surface area contributed by atoms with E-state index < -0.39 is 18.0 Å². The lowest BCUT2D eigenvalue weighted by atomic mass is 10.1. The fourth-order valence-electron chi connectivity index (χ4n) is 2.23. The van der Waals surface area contributed by atoms with Crippen molar-refractivity contribution >= 4 is 23.6 Å². The summed E-state index contributed by atoms with van der Waals surface area (Å²) in [6.07, 6.45) is 1.36. The molecule has 1 aliphatic heterocycles. The molecule has 0 bridgehead atoms. The van der Waals surface area contributed by atoms with Crippen LogP contribution in [0, 0.1) is 6.92 Å². The average molecular weight is 291 g/mol. The van der Waals surface area contributed by atoms with E-state index in [0.29, 0.717) is 18.5 Å². The Hall–Kier alpha value is -2.57. The largest absolute Gasteiger partial charge is 0.478 e. The van der Waals surface area contributed by atoms with E-state index in [1.54, 1.807) is 19.1 Å². The van der Waals surface area contributed by atoms with Crippen molar-refractivity contribution in [2.45, 2.75) is 25.8 Å². The van der Waals surface area contributed by atoms with Crippen molar-refractivity contribution in [3.63, 3.8) is 0 Å². The summed E-state index contributed by atoms with van der Waals surface area (Å²) in [5.41, 5.74) is 0.884. The third kappa shape index (κ3) is 3.50. The molecule has 0 aromatic heterocycles. The molecule has 1 heterocycles. The number of carbonyl (C=O) groups is 3. The fraction of sp³-hybridized carbons (Fsp3) is 0.357. The Morgan fingerprint density at radius 2 is 2.14 bits per heavy atom. The predicted molar refractivity (Wildman–Crippen MR) is 76.3 cm³/mol. The van der Waals surface area contributed by atoms with Gasteiger partial charge in [-0.25, -0.2) is 9.59 Å². The highest BCUT2D eigenvalue weighted by atomic mass is 16.4. The minimum Gasteiger partial charge on any atom is -0.478 e. The van der Waals surface area contributed by atoms with Gasteiger partial charge in [0.05, 0.1) is 11.3 Å². The van der Waals surface area contributed by atoms with Crippen LogP contribution in [0.15, 0.2) is 18.2 Å². The molecule has 1 atom stereocenters. The number of nitrogens with one attached hydrogen (secondary N) is 3. The Kier molecular flexibility index (Phi) is 4.42. The monoisotopic (exact) mass is 291 g/mol. The van der Waals surface area contributed by atoms with Crippen molar-refractivity contribution in [3.8, 4) is 0 Å². The maximum absolute atomic E-state index is 12.0. The van der Waals surface area contributed by atoms with Gasteiger partial charge in [-0.2, -0.15) is 0 Å². The zero-order chi connectivity index (χ0) is 15.4. The molecule has 1 aromatic carbocycles. The standard InChI is InChI=1S/C14H17N3O4/c1-8-4-2-5-9(13(19)20)11(8)17-14(21)16-10-6-3-7-15-12(10)18/h2,4-5,10H,3,6-7H2,1H3,(H,15,18)(H,19,20)(H2,16,17,21). The van der Waals surface area contributed by atoms with E-state index in [1.807, 2.05) is 0 Å². The van der Waals surface area contributed by atoms with Gasteiger partial charge in [-0.3, -0.25) is 4.79 Å². The molecular formula is C14H17N3O4. The summed E-state index contributed by atoms with van der Waals surface area (Å²) in [6, 6.07) is 3.55. The molecule has 21 heavy (non-hydrogen) atoms. The predicted octanol–water partition coefficient (Wildman–Crippen LogP) is 1.09. The van der Waals surface area contributed by atoms with Crippen molar-refractivity contribution in [2.24, 2.45) is 0 Å². The number of hydrogen-bond donors (Lipinski definition) is 4. The van der Waals surface area contributed by atoms with E-state index in [9.17, 15) is 14.4 Å². The normalized spacial score (nSPS) is 17.8. The topological polar surface area (TPSA) is 108 Å². The number of carboxylic acid groups (broad SMARTS) is 1. The minimum atomic E-state index is -1.12. The third-order valence-electron chi connectivity index (χ3n) is 3.33. The highest BCUT2D eigenvalue weighted by Crippen LogP contribution is 2.20. The molecule has 7 nitrogen and oxygen atoms in total. The van der Waals surface area contributed by atoms with Crippen LogP contribution in [0.3, 0.4) is 0 Å². The summed E-state index contributed by atoms with van der Waals surface area (Å²) in [4.78, 5) is 34.7. The number of benzene rings is 1. The molecule has 1 unspecified atom stereocenters. The van der Waals surface area contributed by atoms with Crippen LogP contribution in [0.5, 0.6) is 0 Å². The molecule has 3 amide bonds. The first-order valence-electron chi connectivity index (χ1n) is 6.67. The maximum Gasteiger partial charge on any atom is 0.337 e. The van der Waals surface area contributed by atoms with E-state index in [1.165, 1.54) is 6.07 Å². The van der Waals surface area contributed by atoms with Gasteiger partial charge in [0.1, 0.15) is 6.04 Å². The quantitative estimate of drug-likeness (QED) is 0.668. The van der Waals surface area contributed by atoms with Crippen molar-refractivity contribution in [2.75, 3.05) is 11.9 Å². The van der Waals surface area contributed by atoms with Crippen molar-refractivity contribution in [1.29, 1.82) is 0 Å². The first-order valence-corrected chi connectivity index (χ1v) is 6.67. The number of aryl methyl sites for hydroxylation is 1. The number of rotatable bonds is 3. The summed E-state index contributed by atoms with van der Waals surface area (Å²) in [5, 5.41) is 16.9. The lowest BCUT2D eigenvalue weighted by Gasteiger charge is -2.23. The molecule has 1 saturated heterocycles. The van der Waals surface area contributed by atoms with Gasteiger partial charge in [0, 0.05) is 6.54 Å². The number of anilines is 1.